The van der Waals surface area contributed by atoms with Crippen molar-refractivity contribution in [2.75, 3.05) is 17.8 Å². The molecule has 38 heavy (non-hydrogen) atoms. The van der Waals surface area contributed by atoms with Crippen molar-refractivity contribution in [1.29, 1.82) is 0 Å². The predicted octanol–water partition coefficient (Wildman–Crippen LogP) is 6.93. The summed E-state index contributed by atoms with van der Waals surface area (Å²) in [6.45, 7) is 2.13. The van der Waals surface area contributed by atoms with Crippen molar-refractivity contribution >= 4 is 82.0 Å². The maximum Gasteiger partial charge on any atom is 0.368 e. The van der Waals surface area contributed by atoms with E-state index in [0.717, 1.165) is 50.6 Å². The molecule has 1 N–H and O–H groups in total. The van der Waals surface area contributed by atoms with Crippen LogP contribution in [-0.2, 0) is 5.75 Å². The Morgan fingerprint density at radius 2 is 1.92 bits per heavy atom. The first kappa shape index (κ1) is 28.6. The van der Waals surface area contributed by atoms with E-state index in [1.807, 2.05) is 24.0 Å². The third kappa shape index (κ3) is 6.57. The topological polar surface area (TPSA) is 115 Å². The number of hydrogen-bond acceptors (Lipinski definition) is 10. The number of H-pyrrole nitrogens is 1. The molecule has 0 aliphatic carbocycles. The van der Waals surface area contributed by atoms with Gasteiger partial charge in [0.25, 0.3) is 0 Å². The largest absolute Gasteiger partial charge is 0.368 e. The molecule has 0 saturated heterocycles. The summed E-state index contributed by atoms with van der Waals surface area (Å²) in [5.74, 6) is 2.45. The van der Waals surface area contributed by atoms with Gasteiger partial charge in [-0.15, -0.1) is 47.7 Å². The van der Waals surface area contributed by atoms with Crippen molar-refractivity contribution in [1.82, 2.24) is 29.5 Å². The predicted molar refractivity (Wildman–Crippen MR) is 159 cm³/mol. The van der Waals surface area contributed by atoms with E-state index in [1.165, 1.54) is 26.1 Å². The summed E-state index contributed by atoms with van der Waals surface area (Å²) in [4.78, 5) is 29.8. The van der Waals surface area contributed by atoms with Crippen LogP contribution in [0.2, 0.25) is 0 Å². The van der Waals surface area contributed by atoms with Crippen molar-refractivity contribution in [2.24, 2.45) is 0 Å². The second kappa shape index (κ2) is 13.1. The molecule has 0 aliphatic rings. The molecule has 0 atom stereocenters. The molecule has 0 unspecified atom stereocenters. The van der Waals surface area contributed by atoms with E-state index < -0.39 is 4.92 Å². The number of rotatable bonds is 11. The Bertz CT molecular complexity index is 1580. The Hall–Kier alpha value is -2.45. The zero-order valence-electron chi connectivity index (χ0n) is 20.5. The lowest BCUT2D eigenvalue weighted by atomic mass is 10.2. The van der Waals surface area contributed by atoms with Crippen LogP contribution in [0.1, 0.15) is 17.7 Å². The van der Waals surface area contributed by atoms with Crippen molar-refractivity contribution in [3.8, 4) is 0 Å². The average molecular weight is 606 g/mol. The monoisotopic (exact) mass is 605 g/mol. The van der Waals surface area contributed by atoms with Crippen LogP contribution in [0.5, 0.6) is 0 Å². The van der Waals surface area contributed by atoms with Crippen LogP contribution in [0.15, 0.2) is 68.8 Å². The Balaban J connectivity index is 0.00000336. The molecular weight excluding hydrogens is 582 g/mol. The summed E-state index contributed by atoms with van der Waals surface area (Å²) in [7, 11) is 0. The summed E-state index contributed by atoms with van der Waals surface area (Å²) in [5, 5.41) is 17.1. The molecule has 0 radical (unpaired) electrons. The lowest BCUT2D eigenvalue weighted by molar-refractivity contribution is -0.391. The molecule has 14 heteroatoms. The summed E-state index contributed by atoms with van der Waals surface area (Å²) in [5.41, 5.74) is 4.77. The number of hydrogen-bond donors (Lipinski definition) is 1. The smallest absolute Gasteiger partial charge is 0.358 e. The van der Waals surface area contributed by atoms with E-state index in [-0.39, 0.29) is 18.2 Å². The van der Waals surface area contributed by atoms with Gasteiger partial charge in [-0.25, -0.2) is 9.97 Å². The van der Waals surface area contributed by atoms with E-state index in [9.17, 15) is 10.1 Å². The Morgan fingerprint density at radius 3 is 2.74 bits per heavy atom. The number of aromatic amines is 1. The number of halogens is 1. The van der Waals surface area contributed by atoms with Gasteiger partial charge in [-0.2, -0.15) is 0 Å². The van der Waals surface area contributed by atoms with Crippen molar-refractivity contribution in [3.63, 3.8) is 0 Å². The van der Waals surface area contributed by atoms with Crippen LogP contribution in [0.3, 0.4) is 0 Å². The van der Waals surface area contributed by atoms with Gasteiger partial charge in [0.2, 0.25) is 5.65 Å². The van der Waals surface area contributed by atoms with E-state index in [4.69, 9.17) is 4.98 Å². The standard InChI is InChI=1S/C24H23N7O2S4.ClH/c1-15-19(14-37-24-27-17-5-4-16(34-2)12-18(17)28-24)25-9-8-20(15)35-10-3-11-36-22-7-6-21-26-13-23(31(32)33)30(21)29-22;/h4-9,12-13H,3,10-11,14H2,1-2H3,(H,27,28);1H. The fraction of sp³-hybridized carbons (Fsp3) is 0.250. The molecule has 0 saturated carbocycles. The fourth-order valence-electron chi connectivity index (χ4n) is 3.62. The highest BCUT2D eigenvalue weighted by molar-refractivity contribution is 8.00. The lowest BCUT2D eigenvalue weighted by Gasteiger charge is -2.09. The van der Waals surface area contributed by atoms with Crippen LogP contribution >= 0.6 is 59.5 Å². The molecule has 0 bridgehead atoms. The quantitative estimate of drug-likeness (QED) is 0.0735. The van der Waals surface area contributed by atoms with Crippen molar-refractivity contribution < 1.29 is 4.92 Å². The number of thioether (sulfide) groups is 4. The summed E-state index contributed by atoms with van der Waals surface area (Å²) >= 11 is 6.79. The van der Waals surface area contributed by atoms with Crippen LogP contribution in [0.4, 0.5) is 5.82 Å². The van der Waals surface area contributed by atoms with Gasteiger partial charge in [0.15, 0.2) is 5.16 Å². The third-order valence-corrected chi connectivity index (χ3v) is 9.44. The number of pyridine rings is 1. The number of nitro groups is 1. The molecule has 198 valence electrons. The molecule has 0 amide bonds. The molecule has 5 aromatic rings. The summed E-state index contributed by atoms with van der Waals surface area (Å²) < 4.78 is 1.28. The van der Waals surface area contributed by atoms with Gasteiger partial charge in [-0.1, -0.05) is 21.4 Å². The minimum Gasteiger partial charge on any atom is -0.358 e. The molecule has 9 nitrogen and oxygen atoms in total. The van der Waals surface area contributed by atoms with E-state index in [2.05, 4.69) is 57.5 Å². The Labute approximate surface area is 242 Å². The molecule has 4 aromatic heterocycles. The maximum absolute atomic E-state index is 11.1. The maximum atomic E-state index is 11.1. The van der Waals surface area contributed by atoms with Crippen LogP contribution in [-0.4, -0.2) is 52.2 Å². The number of nitrogens with zero attached hydrogens (tertiary/aromatic N) is 6. The number of nitrogens with one attached hydrogen (secondary N) is 1. The van der Waals surface area contributed by atoms with Gasteiger partial charge in [-0.05, 0) is 66.2 Å². The highest BCUT2D eigenvalue weighted by atomic mass is 35.5. The molecule has 4 heterocycles. The molecular formula is C24H24ClN7O2S4. The third-order valence-electron chi connectivity index (χ3n) is 5.58. The highest BCUT2D eigenvalue weighted by Gasteiger charge is 2.16. The SMILES string of the molecule is CSc1ccc2[nH]c(SCc3nccc(SCCCSc4ccc5ncc([N+](=O)[O-])n5n4)c3C)nc2c1.Cl. The first-order valence-corrected chi connectivity index (χ1v) is 15.6. The highest BCUT2D eigenvalue weighted by Crippen LogP contribution is 2.30. The first-order valence-electron chi connectivity index (χ1n) is 11.4. The first-order chi connectivity index (χ1) is 18.0. The molecule has 0 spiro atoms. The zero-order valence-corrected chi connectivity index (χ0v) is 24.6. The average Bonchev–Trinajstić information content (AvgIpc) is 3.51. The van der Waals surface area contributed by atoms with Gasteiger partial charge < -0.3 is 15.1 Å². The van der Waals surface area contributed by atoms with E-state index in [1.54, 1.807) is 41.4 Å². The molecule has 0 aliphatic heterocycles. The van der Waals surface area contributed by atoms with Gasteiger partial charge in [0.1, 0.15) is 11.2 Å². The van der Waals surface area contributed by atoms with Crippen molar-refractivity contribution in [2.45, 2.75) is 39.1 Å². The lowest BCUT2D eigenvalue weighted by Crippen LogP contribution is -1.99. The number of imidazole rings is 2. The Morgan fingerprint density at radius 1 is 1.08 bits per heavy atom. The Kier molecular flexibility index (Phi) is 9.82. The van der Waals surface area contributed by atoms with Crippen molar-refractivity contribution in [3.05, 3.63) is 70.2 Å². The summed E-state index contributed by atoms with van der Waals surface area (Å²) in [6.07, 6.45) is 6.15. The van der Waals surface area contributed by atoms with E-state index in [0.29, 0.717) is 5.65 Å². The van der Waals surface area contributed by atoms with Gasteiger partial charge in [-0.3, -0.25) is 4.98 Å². The summed E-state index contributed by atoms with van der Waals surface area (Å²) in [6, 6.07) is 12.0. The molecule has 5 rings (SSSR count). The van der Waals surface area contributed by atoms with Crippen LogP contribution in [0, 0.1) is 17.0 Å². The fourth-order valence-corrected chi connectivity index (χ4v) is 6.95. The number of fused-ring (bicyclic) bond motifs is 2. The van der Waals surface area contributed by atoms with Gasteiger partial charge in [0.05, 0.1) is 16.7 Å². The van der Waals surface area contributed by atoms with Crippen LogP contribution < -0.4 is 0 Å². The normalized spacial score (nSPS) is 11.2. The molecule has 1 aromatic carbocycles. The minimum absolute atomic E-state index is 0. The van der Waals surface area contributed by atoms with E-state index >= 15 is 0 Å². The second-order valence-electron chi connectivity index (χ2n) is 7.96. The number of benzene rings is 1. The van der Waals surface area contributed by atoms with Crippen LogP contribution in [0.25, 0.3) is 16.7 Å². The van der Waals surface area contributed by atoms with Gasteiger partial charge in [0, 0.05) is 33.6 Å². The van der Waals surface area contributed by atoms with Gasteiger partial charge >= 0.3 is 5.82 Å². The minimum atomic E-state index is -0.472. The number of aromatic nitrogens is 6. The second-order valence-corrected chi connectivity index (χ2v) is 12.1. The molecule has 0 fully saturated rings. The zero-order chi connectivity index (χ0) is 25.8.